The third-order valence-corrected chi connectivity index (χ3v) is 3.54. The lowest BCUT2D eigenvalue weighted by Gasteiger charge is -2.12. The van der Waals surface area contributed by atoms with Crippen molar-refractivity contribution in [1.29, 1.82) is 0 Å². The van der Waals surface area contributed by atoms with Crippen LogP contribution < -0.4 is 10.6 Å². The second-order valence-electron chi connectivity index (χ2n) is 5.84. The quantitative estimate of drug-likeness (QED) is 0.786. The number of aryl methyl sites for hydroxylation is 1. The monoisotopic (exact) mass is 311 g/mol. The molecule has 2 aromatic rings. The van der Waals surface area contributed by atoms with Gasteiger partial charge in [0.2, 0.25) is 5.91 Å². The average molecular weight is 311 g/mol. The van der Waals surface area contributed by atoms with Gasteiger partial charge in [0, 0.05) is 30.9 Å². The van der Waals surface area contributed by atoms with Crippen LogP contribution in [-0.2, 0) is 11.2 Å². The van der Waals surface area contributed by atoms with E-state index >= 15 is 0 Å². The minimum atomic E-state index is 0.0437. The molecule has 0 heterocycles. The van der Waals surface area contributed by atoms with Gasteiger partial charge < -0.3 is 15.5 Å². The number of hydrogen-bond acceptors (Lipinski definition) is 3. The van der Waals surface area contributed by atoms with Crippen LogP contribution in [0.15, 0.2) is 54.6 Å². The molecule has 2 aromatic carbocycles. The third kappa shape index (κ3) is 6.53. The SMILES string of the molecule is CN(C)CCNc1ccc(NC(=O)CCc2ccccc2)cc1. The first-order chi connectivity index (χ1) is 11.1. The largest absolute Gasteiger partial charge is 0.384 e. The van der Waals surface area contributed by atoms with Crippen LogP contribution >= 0.6 is 0 Å². The molecule has 23 heavy (non-hydrogen) atoms. The van der Waals surface area contributed by atoms with Crippen molar-refractivity contribution in [3.8, 4) is 0 Å². The summed E-state index contributed by atoms with van der Waals surface area (Å²) in [5.74, 6) is 0.0437. The van der Waals surface area contributed by atoms with Crippen LogP contribution in [-0.4, -0.2) is 38.0 Å². The van der Waals surface area contributed by atoms with Gasteiger partial charge in [-0.05, 0) is 50.3 Å². The molecule has 0 atom stereocenters. The molecule has 0 aromatic heterocycles. The van der Waals surface area contributed by atoms with Gasteiger partial charge in [-0.1, -0.05) is 30.3 Å². The number of amides is 1. The number of likely N-dealkylation sites (N-methyl/N-ethyl adjacent to an activating group) is 1. The third-order valence-electron chi connectivity index (χ3n) is 3.54. The van der Waals surface area contributed by atoms with E-state index in [0.29, 0.717) is 6.42 Å². The maximum atomic E-state index is 12.0. The Bertz CT molecular complexity index is 594. The van der Waals surface area contributed by atoms with E-state index in [1.807, 2.05) is 54.6 Å². The fourth-order valence-corrected chi connectivity index (χ4v) is 2.22. The van der Waals surface area contributed by atoms with E-state index in [2.05, 4.69) is 29.6 Å². The normalized spacial score (nSPS) is 10.6. The summed E-state index contributed by atoms with van der Waals surface area (Å²) < 4.78 is 0. The number of carbonyl (C=O) groups excluding carboxylic acids is 1. The summed E-state index contributed by atoms with van der Waals surface area (Å²) in [6.45, 7) is 1.88. The molecule has 0 aliphatic rings. The molecule has 2 N–H and O–H groups in total. The summed E-state index contributed by atoms with van der Waals surface area (Å²) in [7, 11) is 4.10. The topological polar surface area (TPSA) is 44.4 Å². The maximum absolute atomic E-state index is 12.0. The Morgan fingerprint density at radius 3 is 2.26 bits per heavy atom. The van der Waals surface area contributed by atoms with Crippen LogP contribution in [0.2, 0.25) is 0 Å². The number of benzene rings is 2. The molecule has 122 valence electrons. The van der Waals surface area contributed by atoms with Gasteiger partial charge in [-0.3, -0.25) is 4.79 Å². The predicted octanol–water partition coefficient (Wildman–Crippen LogP) is 3.23. The van der Waals surface area contributed by atoms with Crippen LogP contribution in [0, 0.1) is 0 Å². The Hall–Kier alpha value is -2.33. The number of carbonyl (C=O) groups is 1. The molecular formula is C19H25N3O. The Kier molecular flexibility index (Phi) is 6.63. The molecule has 1 amide bonds. The lowest BCUT2D eigenvalue weighted by atomic mass is 10.1. The molecule has 0 unspecified atom stereocenters. The number of hydrogen-bond donors (Lipinski definition) is 2. The standard InChI is InChI=1S/C19H25N3O/c1-22(2)15-14-20-17-9-11-18(12-10-17)21-19(23)13-8-16-6-4-3-5-7-16/h3-7,9-12,20H,8,13-15H2,1-2H3,(H,21,23). The molecule has 2 rings (SSSR count). The molecule has 0 aliphatic carbocycles. The van der Waals surface area contributed by atoms with Crippen molar-refractivity contribution in [2.24, 2.45) is 0 Å². The van der Waals surface area contributed by atoms with Crippen molar-refractivity contribution in [2.45, 2.75) is 12.8 Å². The van der Waals surface area contributed by atoms with Crippen molar-refractivity contribution in [1.82, 2.24) is 4.90 Å². The molecule has 0 radical (unpaired) electrons. The van der Waals surface area contributed by atoms with Gasteiger partial charge in [-0.2, -0.15) is 0 Å². The fraction of sp³-hybridized carbons (Fsp3) is 0.316. The first-order valence-electron chi connectivity index (χ1n) is 7.96. The molecular weight excluding hydrogens is 286 g/mol. The van der Waals surface area contributed by atoms with Crippen LogP contribution in [0.4, 0.5) is 11.4 Å². The summed E-state index contributed by atoms with van der Waals surface area (Å²) >= 11 is 0. The smallest absolute Gasteiger partial charge is 0.224 e. The second-order valence-corrected chi connectivity index (χ2v) is 5.84. The van der Waals surface area contributed by atoms with Gasteiger partial charge in [0.15, 0.2) is 0 Å². The number of nitrogens with zero attached hydrogens (tertiary/aromatic N) is 1. The summed E-state index contributed by atoms with van der Waals surface area (Å²) in [5, 5.41) is 6.29. The highest BCUT2D eigenvalue weighted by Gasteiger charge is 2.03. The van der Waals surface area contributed by atoms with Crippen LogP contribution in [0.5, 0.6) is 0 Å². The van der Waals surface area contributed by atoms with Crippen LogP contribution in [0.3, 0.4) is 0 Å². The first kappa shape index (κ1) is 17.0. The zero-order valence-corrected chi connectivity index (χ0v) is 13.9. The lowest BCUT2D eigenvalue weighted by molar-refractivity contribution is -0.116. The van der Waals surface area contributed by atoms with Gasteiger partial charge in [0.05, 0.1) is 0 Å². The van der Waals surface area contributed by atoms with E-state index in [4.69, 9.17) is 0 Å². The summed E-state index contributed by atoms with van der Waals surface area (Å²) in [6.07, 6.45) is 1.25. The Morgan fingerprint density at radius 2 is 1.61 bits per heavy atom. The zero-order chi connectivity index (χ0) is 16.5. The summed E-state index contributed by atoms with van der Waals surface area (Å²) in [6, 6.07) is 17.9. The minimum absolute atomic E-state index is 0.0437. The second kappa shape index (κ2) is 8.96. The number of rotatable bonds is 8. The van der Waals surface area contributed by atoms with Gasteiger partial charge in [-0.25, -0.2) is 0 Å². The van der Waals surface area contributed by atoms with E-state index in [1.165, 1.54) is 5.56 Å². The lowest BCUT2D eigenvalue weighted by Crippen LogP contribution is -2.20. The zero-order valence-electron chi connectivity index (χ0n) is 13.9. The van der Waals surface area contributed by atoms with E-state index in [1.54, 1.807) is 0 Å². The van der Waals surface area contributed by atoms with E-state index in [-0.39, 0.29) is 5.91 Å². The fourth-order valence-electron chi connectivity index (χ4n) is 2.22. The molecule has 4 nitrogen and oxygen atoms in total. The summed E-state index contributed by atoms with van der Waals surface area (Å²) in [4.78, 5) is 14.1. The Labute approximate surface area is 138 Å². The number of anilines is 2. The Balaban J connectivity index is 1.75. The van der Waals surface area contributed by atoms with E-state index in [0.717, 1.165) is 30.9 Å². The highest BCUT2D eigenvalue weighted by atomic mass is 16.1. The molecule has 0 spiro atoms. The van der Waals surface area contributed by atoms with E-state index < -0.39 is 0 Å². The van der Waals surface area contributed by atoms with Crippen LogP contribution in [0.25, 0.3) is 0 Å². The van der Waals surface area contributed by atoms with Gasteiger partial charge in [0.1, 0.15) is 0 Å². The molecule has 0 aliphatic heterocycles. The molecule has 0 saturated carbocycles. The minimum Gasteiger partial charge on any atom is -0.384 e. The highest BCUT2D eigenvalue weighted by Crippen LogP contribution is 2.14. The molecule has 0 bridgehead atoms. The summed E-state index contributed by atoms with van der Waals surface area (Å²) in [5.41, 5.74) is 3.08. The van der Waals surface area contributed by atoms with Crippen molar-refractivity contribution in [3.05, 3.63) is 60.2 Å². The van der Waals surface area contributed by atoms with Gasteiger partial charge in [-0.15, -0.1) is 0 Å². The van der Waals surface area contributed by atoms with Crippen molar-refractivity contribution < 1.29 is 4.79 Å². The van der Waals surface area contributed by atoms with Crippen molar-refractivity contribution in [3.63, 3.8) is 0 Å². The van der Waals surface area contributed by atoms with E-state index in [9.17, 15) is 4.79 Å². The Morgan fingerprint density at radius 1 is 0.957 bits per heavy atom. The van der Waals surface area contributed by atoms with Gasteiger partial charge >= 0.3 is 0 Å². The molecule has 4 heteroatoms. The number of nitrogens with one attached hydrogen (secondary N) is 2. The molecule has 0 fully saturated rings. The van der Waals surface area contributed by atoms with Gasteiger partial charge in [0.25, 0.3) is 0 Å². The van der Waals surface area contributed by atoms with Crippen molar-refractivity contribution in [2.75, 3.05) is 37.8 Å². The highest BCUT2D eigenvalue weighted by molar-refractivity contribution is 5.91. The predicted molar refractivity (Wildman–Crippen MR) is 96.9 cm³/mol. The van der Waals surface area contributed by atoms with Crippen molar-refractivity contribution >= 4 is 17.3 Å². The maximum Gasteiger partial charge on any atom is 0.224 e. The first-order valence-corrected chi connectivity index (χ1v) is 7.96. The molecule has 0 saturated heterocycles. The van der Waals surface area contributed by atoms with Crippen LogP contribution in [0.1, 0.15) is 12.0 Å². The average Bonchev–Trinajstić information content (AvgIpc) is 2.55.